The van der Waals surface area contributed by atoms with Crippen LogP contribution in [-0.4, -0.2) is 35.4 Å². The van der Waals surface area contributed by atoms with Crippen LogP contribution < -0.4 is 5.32 Å². The van der Waals surface area contributed by atoms with Crippen molar-refractivity contribution in [3.05, 3.63) is 32.5 Å². The molecule has 1 saturated heterocycles. The van der Waals surface area contributed by atoms with E-state index >= 15 is 0 Å². The van der Waals surface area contributed by atoms with E-state index < -0.39 is 16.3 Å². The largest absolute Gasteiger partial charge is 0.394 e. The van der Waals surface area contributed by atoms with Gasteiger partial charge >= 0.3 is 0 Å². The average Bonchev–Trinajstić information content (AvgIpc) is 2.43. The van der Waals surface area contributed by atoms with Crippen molar-refractivity contribution >= 4 is 27.3 Å². The van der Waals surface area contributed by atoms with Crippen molar-refractivity contribution in [1.82, 2.24) is 0 Å². The van der Waals surface area contributed by atoms with Crippen LogP contribution in [0, 0.1) is 15.9 Å². The fourth-order valence-corrected chi connectivity index (χ4v) is 2.49. The van der Waals surface area contributed by atoms with Gasteiger partial charge in [-0.3, -0.25) is 10.1 Å². The van der Waals surface area contributed by atoms with Crippen LogP contribution in [0.15, 0.2) is 16.6 Å². The Labute approximate surface area is 123 Å². The first-order valence-electron chi connectivity index (χ1n) is 6.08. The fourth-order valence-electron chi connectivity index (χ4n) is 2.16. The summed E-state index contributed by atoms with van der Waals surface area (Å²) in [5.41, 5.74) is -0.896. The predicted molar refractivity (Wildman–Crippen MR) is 74.2 cm³/mol. The molecule has 20 heavy (non-hydrogen) atoms. The third-order valence-corrected chi connectivity index (χ3v) is 4.00. The second kappa shape index (κ2) is 6.02. The number of rotatable bonds is 4. The maximum atomic E-state index is 13.6. The first-order valence-corrected chi connectivity index (χ1v) is 6.87. The van der Waals surface area contributed by atoms with Crippen LogP contribution in [0.25, 0.3) is 0 Å². The van der Waals surface area contributed by atoms with Crippen LogP contribution in [0.4, 0.5) is 15.8 Å². The molecule has 1 fully saturated rings. The Hall–Kier alpha value is -1.25. The van der Waals surface area contributed by atoms with Gasteiger partial charge in [0.1, 0.15) is 11.5 Å². The molecule has 1 aromatic carbocycles. The van der Waals surface area contributed by atoms with E-state index in [9.17, 15) is 19.6 Å². The molecule has 2 rings (SSSR count). The highest BCUT2D eigenvalue weighted by atomic mass is 79.9. The van der Waals surface area contributed by atoms with Gasteiger partial charge in [0, 0.05) is 25.3 Å². The summed E-state index contributed by atoms with van der Waals surface area (Å²) in [5.74, 6) is -0.599. The molecule has 0 saturated carbocycles. The lowest BCUT2D eigenvalue weighted by Gasteiger charge is -2.37. The Morgan fingerprint density at radius 3 is 2.70 bits per heavy atom. The molecule has 0 spiro atoms. The first-order chi connectivity index (χ1) is 9.47. The van der Waals surface area contributed by atoms with Crippen molar-refractivity contribution in [2.75, 3.05) is 25.1 Å². The van der Waals surface area contributed by atoms with Gasteiger partial charge in [0.15, 0.2) is 0 Å². The molecule has 0 radical (unpaired) electrons. The van der Waals surface area contributed by atoms with Gasteiger partial charge in [0.05, 0.1) is 21.5 Å². The molecule has 0 atom stereocenters. The van der Waals surface area contributed by atoms with Crippen molar-refractivity contribution in [1.29, 1.82) is 0 Å². The second-order valence-electron chi connectivity index (χ2n) is 4.72. The summed E-state index contributed by atoms with van der Waals surface area (Å²) in [6.45, 7) is 0.686. The average molecular weight is 349 g/mol. The number of nitro groups is 1. The van der Waals surface area contributed by atoms with E-state index in [1.54, 1.807) is 0 Å². The molecule has 0 amide bonds. The molecule has 1 aliphatic rings. The summed E-state index contributed by atoms with van der Waals surface area (Å²) in [6, 6.07) is 2.18. The monoisotopic (exact) mass is 348 g/mol. The maximum absolute atomic E-state index is 13.6. The standard InChI is InChI=1S/C12H14BrFN2O4/c13-8-5-11(16(18)19)10(6-9(8)14)15-12(7-17)1-3-20-4-2-12/h5-6,15,17H,1-4,7H2. The van der Waals surface area contributed by atoms with Gasteiger partial charge in [-0.05, 0) is 28.8 Å². The van der Waals surface area contributed by atoms with Crippen LogP contribution in [-0.2, 0) is 4.74 Å². The Bertz CT molecular complexity index is 520. The van der Waals surface area contributed by atoms with E-state index in [4.69, 9.17) is 4.74 Å². The lowest BCUT2D eigenvalue weighted by molar-refractivity contribution is -0.384. The lowest BCUT2D eigenvalue weighted by Crippen LogP contribution is -2.47. The minimum atomic E-state index is -0.719. The zero-order chi connectivity index (χ0) is 14.8. The summed E-state index contributed by atoms with van der Waals surface area (Å²) in [4.78, 5) is 10.5. The van der Waals surface area contributed by atoms with Crippen LogP contribution in [0.2, 0.25) is 0 Å². The van der Waals surface area contributed by atoms with Gasteiger partial charge in [0.2, 0.25) is 0 Å². The van der Waals surface area contributed by atoms with Crippen molar-refractivity contribution in [2.45, 2.75) is 18.4 Å². The number of nitrogens with one attached hydrogen (secondary N) is 1. The molecular formula is C12H14BrFN2O4. The number of aliphatic hydroxyl groups is 1. The molecule has 0 bridgehead atoms. The summed E-state index contributed by atoms with van der Waals surface area (Å²) >= 11 is 2.93. The topological polar surface area (TPSA) is 84.6 Å². The van der Waals surface area contributed by atoms with E-state index in [-0.39, 0.29) is 22.5 Å². The Morgan fingerprint density at radius 1 is 1.50 bits per heavy atom. The molecule has 6 nitrogen and oxygen atoms in total. The summed E-state index contributed by atoms with van der Waals surface area (Å²) in [6.07, 6.45) is 0.997. The van der Waals surface area contributed by atoms with E-state index in [0.717, 1.165) is 12.1 Å². The van der Waals surface area contributed by atoms with Gasteiger partial charge in [-0.25, -0.2) is 4.39 Å². The molecule has 1 heterocycles. The van der Waals surface area contributed by atoms with Gasteiger partial charge in [0.25, 0.3) is 5.69 Å². The molecule has 8 heteroatoms. The number of nitrogens with zero attached hydrogens (tertiary/aromatic N) is 1. The van der Waals surface area contributed by atoms with Crippen molar-refractivity contribution < 1.29 is 19.2 Å². The fraction of sp³-hybridized carbons (Fsp3) is 0.500. The molecule has 110 valence electrons. The Morgan fingerprint density at radius 2 is 2.15 bits per heavy atom. The van der Waals surface area contributed by atoms with Gasteiger partial charge in [-0.15, -0.1) is 0 Å². The summed E-state index contributed by atoms with van der Waals surface area (Å²) in [5, 5.41) is 23.5. The lowest BCUT2D eigenvalue weighted by atomic mass is 9.90. The summed E-state index contributed by atoms with van der Waals surface area (Å²) in [7, 11) is 0. The number of hydrogen-bond acceptors (Lipinski definition) is 5. The normalized spacial score (nSPS) is 17.8. The molecule has 2 N–H and O–H groups in total. The van der Waals surface area contributed by atoms with Crippen molar-refractivity contribution in [2.24, 2.45) is 0 Å². The maximum Gasteiger partial charge on any atom is 0.293 e. The van der Waals surface area contributed by atoms with E-state index in [1.165, 1.54) is 0 Å². The smallest absolute Gasteiger partial charge is 0.293 e. The molecule has 0 unspecified atom stereocenters. The van der Waals surface area contributed by atoms with Gasteiger partial charge in [-0.2, -0.15) is 0 Å². The number of halogens is 2. The van der Waals surface area contributed by atoms with Gasteiger partial charge in [-0.1, -0.05) is 0 Å². The van der Waals surface area contributed by atoms with E-state index in [1.807, 2.05) is 0 Å². The zero-order valence-electron chi connectivity index (χ0n) is 10.6. The van der Waals surface area contributed by atoms with Gasteiger partial charge < -0.3 is 15.2 Å². The van der Waals surface area contributed by atoms with Crippen LogP contribution in [0.5, 0.6) is 0 Å². The third kappa shape index (κ3) is 3.08. The number of ether oxygens (including phenoxy) is 1. The third-order valence-electron chi connectivity index (χ3n) is 3.39. The number of aliphatic hydroxyl groups excluding tert-OH is 1. The highest BCUT2D eigenvalue weighted by molar-refractivity contribution is 9.10. The highest BCUT2D eigenvalue weighted by Crippen LogP contribution is 2.34. The molecular weight excluding hydrogens is 335 g/mol. The Balaban J connectivity index is 2.36. The first kappa shape index (κ1) is 15.1. The van der Waals surface area contributed by atoms with Crippen LogP contribution in [0.3, 0.4) is 0 Å². The van der Waals surface area contributed by atoms with E-state index in [2.05, 4.69) is 21.2 Å². The number of hydrogen-bond donors (Lipinski definition) is 2. The van der Waals surface area contributed by atoms with Crippen molar-refractivity contribution in [3.8, 4) is 0 Å². The minimum absolute atomic E-state index is 0.0276. The molecule has 1 aliphatic heterocycles. The molecule has 0 aliphatic carbocycles. The SMILES string of the molecule is O=[N+]([O-])c1cc(Br)c(F)cc1NC1(CO)CCOCC1. The van der Waals surface area contributed by atoms with E-state index in [0.29, 0.717) is 26.1 Å². The number of anilines is 1. The van der Waals surface area contributed by atoms with Crippen molar-refractivity contribution in [3.63, 3.8) is 0 Å². The second-order valence-corrected chi connectivity index (χ2v) is 5.57. The zero-order valence-corrected chi connectivity index (χ0v) is 12.2. The number of benzene rings is 1. The van der Waals surface area contributed by atoms with Crippen LogP contribution >= 0.6 is 15.9 Å². The minimum Gasteiger partial charge on any atom is -0.394 e. The summed E-state index contributed by atoms with van der Waals surface area (Å²) < 4.78 is 18.9. The number of nitro benzene ring substituents is 1. The predicted octanol–water partition coefficient (Wildman–Crippen LogP) is 2.45. The Kier molecular flexibility index (Phi) is 4.56. The highest BCUT2D eigenvalue weighted by Gasteiger charge is 2.34. The molecule has 0 aromatic heterocycles. The van der Waals surface area contributed by atoms with Crippen LogP contribution in [0.1, 0.15) is 12.8 Å². The quantitative estimate of drug-likeness (QED) is 0.644. The molecule has 1 aromatic rings.